The van der Waals surface area contributed by atoms with Crippen LogP contribution in [0.25, 0.3) is 0 Å². The molecule has 4 heteroatoms. The van der Waals surface area contributed by atoms with Crippen LogP contribution < -0.4 is 5.32 Å². The molecule has 1 aromatic rings. The maximum atomic E-state index is 11.6. The van der Waals surface area contributed by atoms with E-state index in [9.17, 15) is 9.59 Å². The predicted molar refractivity (Wildman–Crippen MR) is 72.1 cm³/mol. The first-order chi connectivity index (χ1) is 9.15. The number of hydrogen-bond acceptors (Lipinski definition) is 2. The Morgan fingerprint density at radius 1 is 1.21 bits per heavy atom. The largest absolute Gasteiger partial charge is 0.478 e. The van der Waals surface area contributed by atoms with E-state index in [4.69, 9.17) is 5.11 Å². The van der Waals surface area contributed by atoms with Gasteiger partial charge in [-0.1, -0.05) is 18.6 Å². The number of carbonyl (C=O) groups excluding carboxylic acids is 1. The monoisotopic (exact) mass is 261 g/mol. The van der Waals surface area contributed by atoms with E-state index in [1.54, 1.807) is 24.3 Å². The van der Waals surface area contributed by atoms with Crippen LogP contribution in [0.2, 0.25) is 0 Å². The highest BCUT2D eigenvalue weighted by molar-refractivity contribution is 5.87. The molecular weight excluding hydrogens is 242 g/mol. The van der Waals surface area contributed by atoms with Gasteiger partial charge in [-0.3, -0.25) is 4.79 Å². The Morgan fingerprint density at radius 3 is 2.42 bits per heavy atom. The molecule has 2 N–H and O–H groups in total. The summed E-state index contributed by atoms with van der Waals surface area (Å²) in [4.78, 5) is 22.3. The van der Waals surface area contributed by atoms with Gasteiger partial charge in [0.15, 0.2) is 0 Å². The maximum absolute atomic E-state index is 11.6. The van der Waals surface area contributed by atoms with Crippen molar-refractivity contribution in [3.8, 4) is 0 Å². The molecule has 1 amide bonds. The van der Waals surface area contributed by atoms with Crippen LogP contribution in [-0.4, -0.2) is 23.5 Å². The van der Waals surface area contributed by atoms with Gasteiger partial charge in [0.25, 0.3) is 0 Å². The Bertz CT molecular complexity index is 449. The highest BCUT2D eigenvalue weighted by atomic mass is 16.4. The van der Waals surface area contributed by atoms with Crippen molar-refractivity contribution in [1.29, 1.82) is 0 Å². The predicted octanol–water partition coefficient (Wildman–Crippen LogP) is 2.23. The first-order valence-electron chi connectivity index (χ1n) is 6.74. The van der Waals surface area contributed by atoms with Crippen molar-refractivity contribution in [1.82, 2.24) is 5.32 Å². The van der Waals surface area contributed by atoms with Gasteiger partial charge >= 0.3 is 5.97 Å². The van der Waals surface area contributed by atoms with E-state index in [1.165, 1.54) is 19.3 Å². The summed E-state index contributed by atoms with van der Waals surface area (Å²) < 4.78 is 0. The number of hydrogen-bond donors (Lipinski definition) is 2. The highest BCUT2D eigenvalue weighted by Gasteiger charge is 2.17. The Kier molecular flexibility index (Phi) is 4.55. The molecule has 4 nitrogen and oxygen atoms in total. The van der Waals surface area contributed by atoms with Crippen LogP contribution in [0.3, 0.4) is 0 Å². The number of aromatic carboxylic acids is 1. The van der Waals surface area contributed by atoms with Gasteiger partial charge in [0.1, 0.15) is 0 Å². The van der Waals surface area contributed by atoms with Crippen LogP contribution in [0.1, 0.15) is 41.6 Å². The fraction of sp³-hybridized carbons (Fsp3) is 0.467. The van der Waals surface area contributed by atoms with Crippen molar-refractivity contribution in [2.75, 3.05) is 6.54 Å². The summed E-state index contributed by atoms with van der Waals surface area (Å²) in [5, 5.41) is 11.7. The van der Waals surface area contributed by atoms with E-state index in [1.807, 2.05) is 0 Å². The van der Waals surface area contributed by atoms with Crippen molar-refractivity contribution in [3.05, 3.63) is 35.4 Å². The molecule has 0 saturated heterocycles. The van der Waals surface area contributed by atoms with E-state index >= 15 is 0 Å². The van der Waals surface area contributed by atoms with Crippen LogP contribution in [0.15, 0.2) is 24.3 Å². The van der Waals surface area contributed by atoms with Crippen molar-refractivity contribution in [3.63, 3.8) is 0 Å². The van der Waals surface area contributed by atoms with Crippen LogP contribution >= 0.6 is 0 Å². The lowest BCUT2D eigenvalue weighted by Gasteiger charge is -2.25. The Morgan fingerprint density at radius 2 is 1.89 bits per heavy atom. The Hall–Kier alpha value is -1.84. The van der Waals surface area contributed by atoms with Gasteiger partial charge in [-0.15, -0.1) is 0 Å². The van der Waals surface area contributed by atoms with E-state index < -0.39 is 5.97 Å². The molecule has 1 fully saturated rings. The molecule has 1 aliphatic rings. The first-order valence-corrected chi connectivity index (χ1v) is 6.74. The van der Waals surface area contributed by atoms with Crippen molar-refractivity contribution >= 4 is 11.9 Å². The minimum atomic E-state index is -0.926. The molecule has 1 saturated carbocycles. The molecule has 0 heterocycles. The lowest BCUT2D eigenvalue weighted by Crippen LogP contribution is -2.32. The quantitative estimate of drug-likeness (QED) is 0.825. The molecule has 2 rings (SSSR count). The molecule has 1 aromatic carbocycles. The first kappa shape index (κ1) is 13.6. The average Bonchev–Trinajstić information content (AvgIpc) is 2.35. The second-order valence-corrected chi connectivity index (χ2v) is 5.10. The molecule has 1 aliphatic carbocycles. The lowest BCUT2D eigenvalue weighted by atomic mass is 9.85. The number of benzene rings is 1. The van der Waals surface area contributed by atoms with Gasteiger partial charge in [-0.2, -0.15) is 0 Å². The van der Waals surface area contributed by atoms with Gasteiger partial charge in [0.05, 0.1) is 5.56 Å². The second kappa shape index (κ2) is 6.36. The molecular formula is C15H19NO3. The Balaban J connectivity index is 1.71. The fourth-order valence-corrected chi connectivity index (χ4v) is 2.12. The molecule has 0 atom stereocenters. The molecule has 102 valence electrons. The average molecular weight is 261 g/mol. The zero-order valence-electron chi connectivity index (χ0n) is 10.9. The number of carboxylic acids is 1. The summed E-state index contributed by atoms with van der Waals surface area (Å²) in [5.41, 5.74) is 1.27. The Labute approximate surface area is 112 Å². The molecule has 0 spiro atoms. The number of carboxylic acid groups (broad SMARTS) is 1. The smallest absolute Gasteiger partial charge is 0.335 e. The molecule has 0 aromatic heterocycles. The summed E-state index contributed by atoms with van der Waals surface area (Å²) in [6.45, 7) is 0.802. The number of aryl methyl sites for hydroxylation is 1. The topological polar surface area (TPSA) is 66.4 Å². The van der Waals surface area contributed by atoms with E-state index in [0.717, 1.165) is 12.1 Å². The van der Waals surface area contributed by atoms with E-state index in [2.05, 4.69) is 5.32 Å². The molecule has 19 heavy (non-hydrogen) atoms. The van der Waals surface area contributed by atoms with Crippen molar-refractivity contribution < 1.29 is 14.7 Å². The number of rotatable bonds is 6. The molecule has 0 aliphatic heterocycles. The minimum Gasteiger partial charge on any atom is -0.478 e. The lowest BCUT2D eigenvalue weighted by molar-refractivity contribution is -0.121. The zero-order chi connectivity index (χ0) is 13.7. The van der Waals surface area contributed by atoms with Crippen LogP contribution in [0.5, 0.6) is 0 Å². The van der Waals surface area contributed by atoms with Gasteiger partial charge in [-0.25, -0.2) is 4.79 Å². The second-order valence-electron chi connectivity index (χ2n) is 5.10. The molecule has 0 bridgehead atoms. The summed E-state index contributed by atoms with van der Waals surface area (Å²) in [6, 6.07) is 6.68. The summed E-state index contributed by atoms with van der Waals surface area (Å²) in [6.07, 6.45) is 4.86. The van der Waals surface area contributed by atoms with Gasteiger partial charge in [0, 0.05) is 13.0 Å². The van der Waals surface area contributed by atoms with Gasteiger partial charge in [0.2, 0.25) is 5.91 Å². The summed E-state index contributed by atoms with van der Waals surface area (Å²) >= 11 is 0. The normalized spacial score (nSPS) is 14.7. The van der Waals surface area contributed by atoms with E-state index in [-0.39, 0.29) is 11.5 Å². The zero-order valence-corrected chi connectivity index (χ0v) is 10.9. The minimum absolute atomic E-state index is 0.0780. The van der Waals surface area contributed by atoms with Crippen LogP contribution in [-0.2, 0) is 11.2 Å². The van der Waals surface area contributed by atoms with Crippen LogP contribution in [0.4, 0.5) is 0 Å². The summed E-state index contributed by atoms with van der Waals surface area (Å²) in [7, 11) is 0. The molecule has 0 radical (unpaired) electrons. The SMILES string of the molecule is O=C(CCc1ccc(C(=O)O)cc1)NCC1CCC1. The number of amides is 1. The standard InChI is InChI=1S/C15H19NO3/c17-14(16-10-12-2-1-3-12)9-6-11-4-7-13(8-5-11)15(18)19/h4-5,7-8,12H,1-3,6,9-10H2,(H,16,17)(H,18,19). The third-order valence-electron chi connectivity index (χ3n) is 3.65. The third-order valence-corrected chi connectivity index (χ3v) is 3.65. The number of carbonyl (C=O) groups is 2. The maximum Gasteiger partial charge on any atom is 0.335 e. The van der Waals surface area contributed by atoms with E-state index in [0.29, 0.717) is 18.8 Å². The highest BCUT2D eigenvalue weighted by Crippen LogP contribution is 2.25. The fourth-order valence-electron chi connectivity index (χ4n) is 2.12. The van der Waals surface area contributed by atoms with Crippen molar-refractivity contribution in [2.24, 2.45) is 5.92 Å². The van der Waals surface area contributed by atoms with Crippen molar-refractivity contribution in [2.45, 2.75) is 32.1 Å². The number of nitrogens with one attached hydrogen (secondary N) is 1. The molecule has 0 unspecified atom stereocenters. The third kappa shape index (κ3) is 4.09. The van der Waals surface area contributed by atoms with Gasteiger partial charge in [-0.05, 0) is 42.9 Å². The van der Waals surface area contributed by atoms with Gasteiger partial charge < -0.3 is 10.4 Å². The summed E-state index contributed by atoms with van der Waals surface area (Å²) in [5.74, 6) is -0.169. The van der Waals surface area contributed by atoms with Crippen LogP contribution in [0, 0.1) is 5.92 Å².